The largest absolute Gasteiger partial charge is 0.493 e. The molecule has 1 aliphatic heterocycles. The van der Waals surface area contributed by atoms with Crippen molar-refractivity contribution in [2.45, 2.75) is 45.1 Å². The summed E-state index contributed by atoms with van der Waals surface area (Å²) in [7, 11) is 0. The zero-order valence-electron chi connectivity index (χ0n) is 22.6. The summed E-state index contributed by atoms with van der Waals surface area (Å²) < 4.78 is 13.2. The number of anilines is 1. The van der Waals surface area contributed by atoms with E-state index in [1.54, 1.807) is 0 Å². The van der Waals surface area contributed by atoms with Crippen molar-refractivity contribution in [1.29, 1.82) is 0 Å². The molecule has 1 atom stereocenters. The Morgan fingerprint density at radius 3 is 2.00 bits per heavy atom. The van der Waals surface area contributed by atoms with Crippen molar-refractivity contribution in [1.82, 2.24) is 0 Å². The average Bonchev–Trinajstić information content (AvgIpc) is 2.93. The Hall–Kier alpha value is -2.58. The van der Waals surface area contributed by atoms with E-state index in [0.717, 1.165) is 59.3 Å². The number of nitrogens with zero attached hydrogens (tertiary/aromatic N) is 1. The first kappa shape index (κ1) is 28.4. The highest BCUT2D eigenvalue weighted by Crippen LogP contribution is 2.51. The maximum atomic E-state index is 6.04. The van der Waals surface area contributed by atoms with Crippen LogP contribution in [0.3, 0.4) is 0 Å². The second kappa shape index (κ2) is 13.0. The molecule has 38 heavy (non-hydrogen) atoms. The average molecular weight is 582 g/mol. The Morgan fingerprint density at radius 2 is 1.39 bits per heavy atom. The molecule has 4 rings (SSSR count). The highest BCUT2D eigenvalue weighted by Gasteiger charge is 2.39. The molecule has 1 heterocycles. The van der Waals surface area contributed by atoms with Gasteiger partial charge in [0.1, 0.15) is 11.5 Å². The van der Waals surface area contributed by atoms with Crippen LogP contribution in [0.4, 0.5) is 5.69 Å². The van der Waals surface area contributed by atoms with Gasteiger partial charge in [-0.1, -0.05) is 41.1 Å². The van der Waals surface area contributed by atoms with Crippen molar-refractivity contribution in [3.05, 3.63) is 64.6 Å². The molecule has 0 aliphatic carbocycles. The Bertz CT molecular complexity index is 1210. The van der Waals surface area contributed by atoms with Crippen LogP contribution in [0.1, 0.15) is 45.1 Å². The Balaban J connectivity index is 1.82. The molecule has 7 heteroatoms. The van der Waals surface area contributed by atoms with Crippen molar-refractivity contribution in [3.63, 3.8) is 0 Å². The first-order valence-corrected chi connectivity index (χ1v) is 14.5. The van der Waals surface area contributed by atoms with Gasteiger partial charge in [0.15, 0.2) is 0 Å². The summed E-state index contributed by atoms with van der Waals surface area (Å²) in [6.07, 6.45) is 3.50. The highest BCUT2D eigenvalue weighted by atomic mass is 79.9. The number of hydrogen-bond donors (Lipinski definition) is 3. The first-order chi connectivity index (χ1) is 18.4. The van der Waals surface area contributed by atoms with Crippen LogP contribution in [0.25, 0.3) is 22.3 Å². The summed E-state index contributed by atoms with van der Waals surface area (Å²) in [5.41, 5.74) is 24.5. The van der Waals surface area contributed by atoms with E-state index < -0.39 is 0 Å². The fraction of sp³-hybridized carbons (Fsp3) is 0.419. The van der Waals surface area contributed by atoms with Crippen LogP contribution < -0.4 is 31.6 Å². The number of halogens is 1. The van der Waals surface area contributed by atoms with E-state index in [4.69, 9.17) is 26.7 Å². The molecular weight excluding hydrogens is 540 g/mol. The van der Waals surface area contributed by atoms with E-state index >= 15 is 0 Å². The van der Waals surface area contributed by atoms with Crippen molar-refractivity contribution >= 4 is 21.6 Å². The van der Waals surface area contributed by atoms with Gasteiger partial charge < -0.3 is 31.6 Å². The lowest BCUT2D eigenvalue weighted by Crippen LogP contribution is -2.47. The number of ether oxygens (including phenoxy) is 2. The summed E-state index contributed by atoms with van der Waals surface area (Å²) in [6.45, 7) is 8.48. The van der Waals surface area contributed by atoms with Gasteiger partial charge in [-0.2, -0.15) is 0 Å². The molecule has 0 aromatic heterocycles. The van der Waals surface area contributed by atoms with Gasteiger partial charge in [0, 0.05) is 28.3 Å². The summed E-state index contributed by atoms with van der Waals surface area (Å²) >= 11 is 3.71. The van der Waals surface area contributed by atoms with E-state index in [-0.39, 0.29) is 5.54 Å². The summed E-state index contributed by atoms with van der Waals surface area (Å²) in [5, 5.41) is 0. The predicted octanol–water partition coefficient (Wildman–Crippen LogP) is 6.03. The second-order valence-corrected chi connectivity index (χ2v) is 10.9. The van der Waals surface area contributed by atoms with Gasteiger partial charge in [-0.25, -0.2) is 0 Å². The van der Waals surface area contributed by atoms with E-state index in [1.165, 1.54) is 22.4 Å². The lowest BCUT2D eigenvalue weighted by Gasteiger charge is -2.48. The van der Waals surface area contributed by atoms with Gasteiger partial charge in [0.05, 0.1) is 18.8 Å². The quantitative estimate of drug-likeness (QED) is 0.213. The number of fused-ring (bicyclic) bond motifs is 3. The van der Waals surface area contributed by atoms with Gasteiger partial charge in [-0.15, -0.1) is 0 Å². The van der Waals surface area contributed by atoms with Gasteiger partial charge in [0.25, 0.3) is 0 Å². The number of rotatable bonds is 13. The normalized spacial score (nSPS) is 16.2. The van der Waals surface area contributed by atoms with Gasteiger partial charge in [-0.3, -0.25) is 0 Å². The Kier molecular flexibility index (Phi) is 9.71. The van der Waals surface area contributed by atoms with Gasteiger partial charge in [-0.05, 0) is 105 Å². The van der Waals surface area contributed by atoms with Crippen LogP contribution in [0.2, 0.25) is 0 Å². The van der Waals surface area contributed by atoms with Crippen LogP contribution in [0.15, 0.2) is 59.1 Å². The van der Waals surface area contributed by atoms with Crippen molar-refractivity contribution in [2.75, 3.05) is 44.3 Å². The molecular formula is C31H41BrN4O2. The summed E-state index contributed by atoms with van der Waals surface area (Å²) in [6, 6.07) is 19.5. The minimum atomic E-state index is -0.149. The van der Waals surface area contributed by atoms with Crippen LogP contribution in [-0.4, -0.2) is 39.4 Å². The van der Waals surface area contributed by atoms with Crippen molar-refractivity contribution < 1.29 is 9.47 Å². The molecule has 204 valence electrons. The highest BCUT2D eigenvalue weighted by molar-refractivity contribution is 9.10. The second-order valence-electron chi connectivity index (χ2n) is 10.0. The first-order valence-electron chi connectivity index (χ1n) is 13.7. The standard InChI is InChI=1S/C31H41BrN4O2/c1-3-31(2)29-20-24(32)8-10-27(29)28-9-7-22(19-30(28)36(31)14-4-11-33)23-17-25(37-15-5-12-34)21-26(18-23)38-16-6-13-35/h7-10,17-21H,3-6,11-16,33-35H2,1-2H3. The van der Waals surface area contributed by atoms with Crippen molar-refractivity contribution in [2.24, 2.45) is 17.2 Å². The maximum absolute atomic E-state index is 6.04. The molecule has 6 N–H and O–H groups in total. The van der Waals surface area contributed by atoms with E-state index in [0.29, 0.717) is 32.8 Å². The topological polar surface area (TPSA) is 99.8 Å². The Morgan fingerprint density at radius 1 is 0.763 bits per heavy atom. The fourth-order valence-electron chi connectivity index (χ4n) is 5.22. The molecule has 6 nitrogen and oxygen atoms in total. The minimum absolute atomic E-state index is 0.149. The van der Waals surface area contributed by atoms with Gasteiger partial charge >= 0.3 is 0 Å². The Labute approximate surface area is 235 Å². The molecule has 3 aromatic rings. The van der Waals surface area contributed by atoms with E-state index in [9.17, 15) is 0 Å². The lowest BCUT2D eigenvalue weighted by molar-refractivity contribution is 0.298. The van der Waals surface area contributed by atoms with Crippen LogP contribution in [0.5, 0.6) is 11.5 Å². The van der Waals surface area contributed by atoms with E-state index in [1.807, 2.05) is 6.07 Å². The minimum Gasteiger partial charge on any atom is -0.493 e. The zero-order valence-corrected chi connectivity index (χ0v) is 24.2. The zero-order chi connectivity index (χ0) is 27.1. The third kappa shape index (κ3) is 6.01. The van der Waals surface area contributed by atoms with Crippen LogP contribution in [0, 0.1) is 0 Å². The van der Waals surface area contributed by atoms with Crippen LogP contribution >= 0.6 is 15.9 Å². The maximum Gasteiger partial charge on any atom is 0.123 e. The molecule has 0 saturated carbocycles. The molecule has 0 spiro atoms. The lowest BCUT2D eigenvalue weighted by atomic mass is 9.77. The van der Waals surface area contributed by atoms with E-state index in [2.05, 4.69) is 83.2 Å². The summed E-state index contributed by atoms with van der Waals surface area (Å²) in [4.78, 5) is 2.55. The third-order valence-electron chi connectivity index (χ3n) is 7.46. The molecule has 0 amide bonds. The molecule has 0 radical (unpaired) electrons. The monoisotopic (exact) mass is 580 g/mol. The molecule has 0 fully saturated rings. The SMILES string of the molecule is CCC1(C)c2cc(Br)ccc2-c2ccc(-c3cc(OCCCN)cc(OCCCN)c3)cc2N1CCCN. The smallest absolute Gasteiger partial charge is 0.123 e. The predicted molar refractivity (Wildman–Crippen MR) is 162 cm³/mol. The van der Waals surface area contributed by atoms with Crippen LogP contribution in [-0.2, 0) is 5.54 Å². The molecule has 0 bridgehead atoms. The number of nitrogens with two attached hydrogens (primary N) is 3. The molecule has 1 unspecified atom stereocenters. The third-order valence-corrected chi connectivity index (χ3v) is 7.95. The molecule has 3 aromatic carbocycles. The number of hydrogen-bond acceptors (Lipinski definition) is 6. The molecule has 1 aliphatic rings. The molecule has 0 saturated heterocycles. The van der Waals surface area contributed by atoms with Crippen molar-refractivity contribution in [3.8, 4) is 33.8 Å². The van der Waals surface area contributed by atoms with Gasteiger partial charge in [0.2, 0.25) is 0 Å². The number of benzene rings is 3. The summed E-state index contributed by atoms with van der Waals surface area (Å²) in [5.74, 6) is 1.56. The fourth-order valence-corrected chi connectivity index (χ4v) is 5.58.